The van der Waals surface area contributed by atoms with E-state index in [0.29, 0.717) is 5.69 Å². The molecule has 0 bridgehead atoms. The highest BCUT2D eigenvalue weighted by Crippen LogP contribution is 2.30. The number of halogens is 4. The monoisotopic (exact) mass is 211 g/mol. The van der Waals surface area contributed by atoms with E-state index >= 15 is 0 Å². The fourth-order valence-corrected chi connectivity index (χ4v) is 1.22. The summed E-state index contributed by atoms with van der Waals surface area (Å²) < 4.78 is 24.4. The van der Waals surface area contributed by atoms with Crippen LogP contribution in [-0.2, 0) is 0 Å². The zero-order chi connectivity index (χ0) is 9.30. The third-order valence-electron chi connectivity index (χ3n) is 1.36. The maximum atomic E-state index is 12.2. The number of hydrogen-bond acceptors (Lipinski definition) is 1. The van der Waals surface area contributed by atoms with Gasteiger partial charge in [0.25, 0.3) is 6.43 Å². The minimum Gasteiger partial charge on any atom is -0.240 e. The summed E-state index contributed by atoms with van der Waals surface area (Å²) in [5, 5.41) is 0.0154. The first-order valence-corrected chi connectivity index (χ1v) is 3.88. The summed E-state index contributed by atoms with van der Waals surface area (Å²) >= 11 is 11.0. The Balaban J connectivity index is 3.28. The van der Waals surface area contributed by atoms with E-state index in [2.05, 4.69) is 4.98 Å². The lowest BCUT2D eigenvalue weighted by molar-refractivity contribution is 0.151. The molecule has 66 valence electrons. The Morgan fingerprint density at radius 3 is 2.50 bits per heavy atom. The van der Waals surface area contributed by atoms with E-state index in [1.165, 1.54) is 6.92 Å². The lowest BCUT2D eigenvalue weighted by Gasteiger charge is -2.05. The molecule has 5 heteroatoms. The van der Waals surface area contributed by atoms with E-state index in [1.54, 1.807) is 0 Å². The Hall–Kier alpha value is -0.410. The predicted octanol–water partition coefficient (Wildman–Crippen LogP) is 3.63. The third kappa shape index (κ3) is 1.84. The normalized spacial score (nSPS) is 10.8. The van der Waals surface area contributed by atoms with Crippen LogP contribution in [0.15, 0.2) is 6.07 Å². The Bertz CT molecular complexity index is 302. The molecule has 1 nitrogen and oxygen atoms in total. The Morgan fingerprint density at radius 1 is 1.42 bits per heavy atom. The standard InChI is InChI=1S/C7H5Cl2F2N/c1-3-6(9)4(7(10)11)2-5(8)12-3/h2,7H,1H3. The Morgan fingerprint density at radius 2 is 2.00 bits per heavy atom. The summed E-state index contributed by atoms with van der Waals surface area (Å²) in [6.45, 7) is 1.53. The van der Waals surface area contributed by atoms with E-state index in [4.69, 9.17) is 23.2 Å². The Labute approximate surface area is 78.3 Å². The van der Waals surface area contributed by atoms with E-state index < -0.39 is 6.43 Å². The predicted molar refractivity (Wildman–Crippen MR) is 44.0 cm³/mol. The van der Waals surface area contributed by atoms with Gasteiger partial charge in [0.2, 0.25) is 0 Å². The first-order valence-electron chi connectivity index (χ1n) is 3.13. The van der Waals surface area contributed by atoms with Crippen LogP contribution in [0.5, 0.6) is 0 Å². The van der Waals surface area contributed by atoms with Crippen molar-refractivity contribution in [3.8, 4) is 0 Å². The van der Waals surface area contributed by atoms with Gasteiger partial charge in [-0.3, -0.25) is 0 Å². The van der Waals surface area contributed by atoms with Gasteiger partial charge >= 0.3 is 0 Å². The van der Waals surface area contributed by atoms with Gasteiger partial charge in [0, 0.05) is 5.56 Å². The first kappa shape index (κ1) is 9.68. The van der Waals surface area contributed by atoms with E-state index in [9.17, 15) is 8.78 Å². The highest BCUT2D eigenvalue weighted by molar-refractivity contribution is 6.33. The van der Waals surface area contributed by atoms with Gasteiger partial charge in [-0.15, -0.1) is 0 Å². The van der Waals surface area contributed by atoms with Crippen molar-refractivity contribution in [2.24, 2.45) is 0 Å². The van der Waals surface area contributed by atoms with Crippen LogP contribution in [0.3, 0.4) is 0 Å². The number of aryl methyl sites for hydroxylation is 1. The molecule has 1 rings (SSSR count). The van der Waals surface area contributed by atoms with Crippen LogP contribution >= 0.6 is 23.2 Å². The second-order valence-electron chi connectivity index (χ2n) is 2.23. The smallest absolute Gasteiger partial charge is 0.240 e. The average molecular weight is 212 g/mol. The van der Waals surface area contributed by atoms with Gasteiger partial charge in [-0.1, -0.05) is 23.2 Å². The molecule has 1 heterocycles. The van der Waals surface area contributed by atoms with E-state index in [0.717, 1.165) is 6.07 Å². The maximum Gasteiger partial charge on any atom is 0.265 e. The molecule has 0 aromatic carbocycles. The van der Waals surface area contributed by atoms with Crippen molar-refractivity contribution >= 4 is 23.2 Å². The molecular weight excluding hydrogens is 207 g/mol. The second kappa shape index (κ2) is 3.54. The van der Waals surface area contributed by atoms with Crippen LogP contribution in [0.4, 0.5) is 8.78 Å². The highest BCUT2D eigenvalue weighted by atomic mass is 35.5. The van der Waals surface area contributed by atoms with Gasteiger partial charge in [-0.25, -0.2) is 13.8 Å². The van der Waals surface area contributed by atoms with Crippen molar-refractivity contribution in [2.45, 2.75) is 13.3 Å². The summed E-state index contributed by atoms with van der Waals surface area (Å²) in [6, 6.07) is 1.07. The largest absolute Gasteiger partial charge is 0.265 e. The van der Waals surface area contributed by atoms with Crippen LogP contribution in [0.25, 0.3) is 0 Å². The van der Waals surface area contributed by atoms with Crippen molar-refractivity contribution in [2.75, 3.05) is 0 Å². The minimum atomic E-state index is -2.61. The molecule has 0 aliphatic carbocycles. The quantitative estimate of drug-likeness (QED) is 0.647. The summed E-state index contributed by atoms with van der Waals surface area (Å²) in [5.41, 5.74) is 0.0497. The lowest BCUT2D eigenvalue weighted by atomic mass is 10.2. The van der Waals surface area contributed by atoms with Crippen molar-refractivity contribution in [1.82, 2.24) is 4.98 Å². The number of aromatic nitrogens is 1. The van der Waals surface area contributed by atoms with E-state index in [1.807, 2.05) is 0 Å². The van der Waals surface area contributed by atoms with Crippen LogP contribution in [0, 0.1) is 6.92 Å². The van der Waals surface area contributed by atoms with Crippen LogP contribution < -0.4 is 0 Å². The molecule has 1 aromatic rings. The molecular formula is C7H5Cl2F2N. The number of hydrogen-bond donors (Lipinski definition) is 0. The summed E-state index contributed by atoms with van der Waals surface area (Å²) in [7, 11) is 0. The molecule has 0 saturated carbocycles. The van der Waals surface area contributed by atoms with Crippen molar-refractivity contribution < 1.29 is 8.78 Å². The highest BCUT2D eigenvalue weighted by Gasteiger charge is 2.15. The molecule has 0 aliphatic heterocycles. The van der Waals surface area contributed by atoms with Crippen molar-refractivity contribution in [3.63, 3.8) is 0 Å². The number of pyridine rings is 1. The molecule has 0 atom stereocenters. The molecule has 0 spiro atoms. The van der Waals surface area contributed by atoms with Gasteiger partial charge in [-0.2, -0.15) is 0 Å². The van der Waals surface area contributed by atoms with Crippen molar-refractivity contribution in [3.05, 3.63) is 27.5 Å². The zero-order valence-electron chi connectivity index (χ0n) is 6.11. The van der Waals surface area contributed by atoms with Gasteiger partial charge in [0.15, 0.2) is 0 Å². The zero-order valence-corrected chi connectivity index (χ0v) is 7.63. The molecule has 0 unspecified atom stereocenters. The number of alkyl halides is 2. The Kier molecular flexibility index (Phi) is 2.85. The number of rotatable bonds is 1. The molecule has 1 aromatic heterocycles. The molecule has 0 amide bonds. The molecule has 0 fully saturated rings. The molecule has 0 saturated heterocycles. The van der Waals surface area contributed by atoms with Crippen LogP contribution in [-0.4, -0.2) is 4.98 Å². The minimum absolute atomic E-state index is 0.0191. The number of nitrogens with zero attached hydrogens (tertiary/aromatic N) is 1. The van der Waals surface area contributed by atoms with Crippen molar-refractivity contribution in [1.29, 1.82) is 0 Å². The molecule has 0 N–H and O–H groups in total. The fraction of sp³-hybridized carbons (Fsp3) is 0.286. The SMILES string of the molecule is Cc1nc(Cl)cc(C(F)F)c1Cl. The third-order valence-corrected chi connectivity index (χ3v) is 2.04. The van der Waals surface area contributed by atoms with Crippen LogP contribution in [0.2, 0.25) is 10.2 Å². The topological polar surface area (TPSA) is 12.9 Å². The average Bonchev–Trinajstić information content (AvgIpc) is 1.96. The summed E-state index contributed by atoms with van der Waals surface area (Å²) in [4.78, 5) is 3.72. The van der Waals surface area contributed by atoms with Gasteiger partial charge in [0.1, 0.15) is 5.15 Å². The first-order chi connectivity index (χ1) is 5.52. The summed E-state index contributed by atoms with van der Waals surface area (Å²) in [6.07, 6.45) is -2.61. The van der Waals surface area contributed by atoms with Crippen LogP contribution in [0.1, 0.15) is 17.7 Å². The maximum absolute atomic E-state index is 12.2. The van der Waals surface area contributed by atoms with Gasteiger partial charge in [0.05, 0.1) is 10.7 Å². The fourth-order valence-electron chi connectivity index (χ4n) is 0.801. The molecule has 0 radical (unpaired) electrons. The summed E-state index contributed by atoms with van der Waals surface area (Å²) in [5.74, 6) is 0. The van der Waals surface area contributed by atoms with Gasteiger partial charge < -0.3 is 0 Å². The van der Waals surface area contributed by atoms with Gasteiger partial charge in [-0.05, 0) is 13.0 Å². The second-order valence-corrected chi connectivity index (χ2v) is 3.00. The lowest BCUT2D eigenvalue weighted by Crippen LogP contribution is -1.92. The van der Waals surface area contributed by atoms with E-state index in [-0.39, 0.29) is 15.7 Å². The molecule has 12 heavy (non-hydrogen) atoms. The molecule has 0 aliphatic rings.